The van der Waals surface area contributed by atoms with E-state index in [1.807, 2.05) is 0 Å². The van der Waals surface area contributed by atoms with Crippen LogP contribution < -0.4 is 10.1 Å². The summed E-state index contributed by atoms with van der Waals surface area (Å²) in [6.45, 7) is 2.37. The highest BCUT2D eigenvalue weighted by atomic mass is 19.1. The van der Waals surface area contributed by atoms with Crippen molar-refractivity contribution in [2.75, 3.05) is 19.7 Å². The van der Waals surface area contributed by atoms with Crippen LogP contribution in [0.1, 0.15) is 32.1 Å². The van der Waals surface area contributed by atoms with Gasteiger partial charge in [-0.3, -0.25) is 4.79 Å². The Kier molecular flexibility index (Phi) is 4.93. The van der Waals surface area contributed by atoms with E-state index in [1.165, 1.54) is 12.1 Å². The van der Waals surface area contributed by atoms with Crippen LogP contribution in [0.5, 0.6) is 5.75 Å². The van der Waals surface area contributed by atoms with Crippen molar-refractivity contribution in [3.05, 3.63) is 30.1 Å². The molecule has 0 spiro atoms. The van der Waals surface area contributed by atoms with Crippen LogP contribution in [0.25, 0.3) is 0 Å². The zero-order chi connectivity index (χ0) is 15.4. The molecule has 2 bridgehead atoms. The SMILES string of the molecule is O=C(CCCOc1cccc(F)c1)N1C2CCNCC1CC2. The summed E-state index contributed by atoms with van der Waals surface area (Å²) in [5, 5.41) is 3.40. The van der Waals surface area contributed by atoms with Gasteiger partial charge in [-0.05, 0) is 44.4 Å². The Morgan fingerprint density at radius 1 is 1.32 bits per heavy atom. The number of carbonyl (C=O) groups excluding carboxylic acids is 1. The Hall–Kier alpha value is -1.62. The van der Waals surface area contributed by atoms with Gasteiger partial charge in [0.1, 0.15) is 11.6 Å². The fourth-order valence-electron chi connectivity index (χ4n) is 3.49. The van der Waals surface area contributed by atoms with Gasteiger partial charge < -0.3 is 15.0 Å². The number of carbonyl (C=O) groups is 1. The molecule has 0 saturated carbocycles. The van der Waals surface area contributed by atoms with Gasteiger partial charge in [-0.2, -0.15) is 0 Å². The Labute approximate surface area is 130 Å². The maximum absolute atomic E-state index is 13.0. The van der Waals surface area contributed by atoms with Gasteiger partial charge in [-0.1, -0.05) is 6.07 Å². The number of benzene rings is 1. The lowest BCUT2D eigenvalue weighted by molar-refractivity contribution is -0.134. The molecule has 2 aliphatic heterocycles. The van der Waals surface area contributed by atoms with E-state index in [9.17, 15) is 9.18 Å². The fraction of sp³-hybridized carbons (Fsp3) is 0.588. The number of fused-ring (bicyclic) bond motifs is 2. The Bertz CT molecular complexity index is 509. The molecule has 0 aromatic heterocycles. The number of nitrogens with one attached hydrogen (secondary N) is 1. The summed E-state index contributed by atoms with van der Waals surface area (Å²) in [6, 6.07) is 6.88. The smallest absolute Gasteiger partial charge is 0.223 e. The molecule has 2 saturated heterocycles. The zero-order valence-electron chi connectivity index (χ0n) is 12.8. The van der Waals surface area contributed by atoms with Crippen LogP contribution in [-0.4, -0.2) is 42.6 Å². The molecule has 120 valence electrons. The van der Waals surface area contributed by atoms with Crippen LogP contribution in [-0.2, 0) is 4.79 Å². The molecule has 1 N–H and O–H groups in total. The van der Waals surface area contributed by atoms with Crippen molar-refractivity contribution in [2.24, 2.45) is 0 Å². The number of nitrogens with zero attached hydrogens (tertiary/aromatic N) is 1. The largest absolute Gasteiger partial charge is 0.493 e. The van der Waals surface area contributed by atoms with Crippen LogP contribution in [0.3, 0.4) is 0 Å². The molecule has 2 aliphatic rings. The van der Waals surface area contributed by atoms with Crippen molar-refractivity contribution in [2.45, 2.75) is 44.2 Å². The minimum absolute atomic E-state index is 0.235. The topological polar surface area (TPSA) is 41.6 Å². The maximum atomic E-state index is 13.0. The summed E-state index contributed by atoms with van der Waals surface area (Å²) in [5.41, 5.74) is 0. The minimum Gasteiger partial charge on any atom is -0.493 e. The number of ether oxygens (including phenoxy) is 1. The molecule has 2 heterocycles. The fourth-order valence-corrected chi connectivity index (χ4v) is 3.49. The molecule has 4 nitrogen and oxygen atoms in total. The van der Waals surface area contributed by atoms with Gasteiger partial charge in [0.25, 0.3) is 0 Å². The van der Waals surface area contributed by atoms with Gasteiger partial charge in [-0.25, -0.2) is 4.39 Å². The first-order valence-corrected chi connectivity index (χ1v) is 8.14. The lowest BCUT2D eigenvalue weighted by atomic mass is 10.1. The summed E-state index contributed by atoms with van der Waals surface area (Å²) in [6.07, 6.45) is 4.48. The molecule has 2 fully saturated rings. The van der Waals surface area contributed by atoms with E-state index in [1.54, 1.807) is 12.1 Å². The van der Waals surface area contributed by atoms with Crippen LogP contribution in [0, 0.1) is 5.82 Å². The normalized spacial score (nSPS) is 24.1. The maximum Gasteiger partial charge on any atom is 0.223 e. The molecule has 1 aromatic carbocycles. The third-order valence-electron chi connectivity index (χ3n) is 4.54. The number of halogens is 1. The van der Waals surface area contributed by atoms with Gasteiger partial charge in [0.05, 0.1) is 6.61 Å². The summed E-state index contributed by atoms with van der Waals surface area (Å²) in [4.78, 5) is 14.6. The molecule has 0 radical (unpaired) electrons. The van der Waals surface area contributed by atoms with Crippen molar-refractivity contribution in [1.29, 1.82) is 0 Å². The monoisotopic (exact) mass is 306 g/mol. The summed E-state index contributed by atoms with van der Waals surface area (Å²) in [7, 11) is 0. The molecular weight excluding hydrogens is 283 g/mol. The van der Waals surface area contributed by atoms with Crippen LogP contribution in [0.2, 0.25) is 0 Å². The zero-order valence-corrected chi connectivity index (χ0v) is 12.8. The molecule has 1 amide bonds. The van der Waals surface area contributed by atoms with Crippen LogP contribution in [0.4, 0.5) is 4.39 Å². The molecule has 0 aliphatic carbocycles. The van der Waals surface area contributed by atoms with E-state index in [2.05, 4.69) is 10.2 Å². The lowest BCUT2D eigenvalue weighted by Gasteiger charge is -2.28. The molecule has 2 atom stereocenters. The van der Waals surface area contributed by atoms with Crippen molar-refractivity contribution in [3.63, 3.8) is 0 Å². The third-order valence-corrected chi connectivity index (χ3v) is 4.54. The second-order valence-electron chi connectivity index (χ2n) is 6.09. The Morgan fingerprint density at radius 3 is 3.05 bits per heavy atom. The van der Waals surface area contributed by atoms with Crippen molar-refractivity contribution >= 4 is 5.91 Å². The average molecular weight is 306 g/mol. The number of amides is 1. The second-order valence-corrected chi connectivity index (χ2v) is 6.09. The molecule has 1 aromatic rings. The van der Waals surface area contributed by atoms with E-state index < -0.39 is 0 Å². The standard InChI is InChI=1S/C17H23FN2O2/c18-13-3-1-4-16(11-13)22-10-2-5-17(21)20-14-6-7-15(20)12-19-9-8-14/h1,3-4,11,14-15,19H,2,5-10,12H2. The second kappa shape index (κ2) is 7.09. The first-order valence-electron chi connectivity index (χ1n) is 8.14. The Morgan fingerprint density at radius 2 is 2.18 bits per heavy atom. The van der Waals surface area contributed by atoms with E-state index in [0.29, 0.717) is 37.3 Å². The quantitative estimate of drug-likeness (QED) is 0.849. The minimum atomic E-state index is -0.304. The molecule has 3 rings (SSSR count). The first kappa shape index (κ1) is 15.3. The number of rotatable bonds is 5. The van der Waals surface area contributed by atoms with Gasteiger partial charge in [0.2, 0.25) is 5.91 Å². The molecule has 2 unspecified atom stereocenters. The molecule has 22 heavy (non-hydrogen) atoms. The summed E-state index contributed by atoms with van der Waals surface area (Å²) >= 11 is 0. The van der Waals surface area contributed by atoms with Crippen LogP contribution >= 0.6 is 0 Å². The average Bonchev–Trinajstić information content (AvgIpc) is 2.77. The van der Waals surface area contributed by atoms with Gasteiger partial charge >= 0.3 is 0 Å². The van der Waals surface area contributed by atoms with E-state index in [-0.39, 0.29) is 11.7 Å². The van der Waals surface area contributed by atoms with Crippen LogP contribution in [0.15, 0.2) is 24.3 Å². The lowest BCUT2D eigenvalue weighted by Crippen LogP contribution is -2.42. The van der Waals surface area contributed by atoms with Crippen molar-refractivity contribution in [1.82, 2.24) is 10.2 Å². The van der Waals surface area contributed by atoms with E-state index in [4.69, 9.17) is 4.74 Å². The molecular formula is C17H23FN2O2. The highest BCUT2D eigenvalue weighted by Gasteiger charge is 2.37. The molecule has 5 heteroatoms. The van der Waals surface area contributed by atoms with Gasteiger partial charge in [0, 0.05) is 31.1 Å². The Balaban J connectivity index is 1.44. The predicted molar refractivity (Wildman–Crippen MR) is 82.3 cm³/mol. The number of hydrogen-bond acceptors (Lipinski definition) is 3. The van der Waals surface area contributed by atoms with E-state index in [0.717, 1.165) is 32.4 Å². The third kappa shape index (κ3) is 3.58. The first-order chi connectivity index (χ1) is 10.7. The summed E-state index contributed by atoms with van der Waals surface area (Å²) in [5.74, 6) is 0.452. The van der Waals surface area contributed by atoms with Gasteiger partial charge in [-0.15, -0.1) is 0 Å². The number of hydrogen-bond donors (Lipinski definition) is 1. The summed E-state index contributed by atoms with van der Waals surface area (Å²) < 4.78 is 18.5. The van der Waals surface area contributed by atoms with Crippen molar-refractivity contribution in [3.8, 4) is 5.75 Å². The van der Waals surface area contributed by atoms with Crippen molar-refractivity contribution < 1.29 is 13.9 Å². The predicted octanol–water partition coefficient (Wildman–Crippen LogP) is 2.34. The highest BCUT2D eigenvalue weighted by molar-refractivity contribution is 5.77. The van der Waals surface area contributed by atoms with E-state index >= 15 is 0 Å². The van der Waals surface area contributed by atoms with Gasteiger partial charge in [0.15, 0.2) is 0 Å². The highest BCUT2D eigenvalue weighted by Crippen LogP contribution is 2.28.